The zero-order valence-electron chi connectivity index (χ0n) is 9.50. The summed E-state index contributed by atoms with van der Waals surface area (Å²) < 4.78 is 0. The maximum absolute atomic E-state index is 5.81. The van der Waals surface area contributed by atoms with Gasteiger partial charge in [0.2, 0.25) is 0 Å². The summed E-state index contributed by atoms with van der Waals surface area (Å²) in [6, 6.07) is 6.33. The first-order chi connectivity index (χ1) is 7.29. The fraction of sp³-hybridized carbons (Fsp3) is 0.538. The van der Waals surface area contributed by atoms with Crippen LogP contribution < -0.4 is 5.73 Å². The van der Waals surface area contributed by atoms with E-state index in [9.17, 15) is 0 Å². The van der Waals surface area contributed by atoms with Crippen molar-refractivity contribution in [1.29, 1.82) is 0 Å². The number of unbranched alkanes of at least 4 members (excludes halogenated alkanes) is 1. The molecule has 2 nitrogen and oxygen atoms in total. The number of nitrogens with zero attached hydrogens (tertiary/aromatic N) is 1. The third kappa shape index (κ3) is 2.51. The van der Waals surface area contributed by atoms with E-state index in [0.717, 1.165) is 12.2 Å². The summed E-state index contributed by atoms with van der Waals surface area (Å²) in [6.07, 6.45) is 3.76. The molecule has 1 aromatic rings. The van der Waals surface area contributed by atoms with E-state index < -0.39 is 0 Å². The van der Waals surface area contributed by atoms with Crippen LogP contribution in [0.1, 0.15) is 30.9 Å². The molecule has 1 aliphatic heterocycles. The molecule has 0 amide bonds. The van der Waals surface area contributed by atoms with Crippen molar-refractivity contribution < 1.29 is 0 Å². The lowest BCUT2D eigenvalue weighted by Crippen LogP contribution is -2.31. The quantitative estimate of drug-likeness (QED) is 0.766. The molecule has 0 aliphatic carbocycles. The summed E-state index contributed by atoms with van der Waals surface area (Å²) in [5.74, 6) is 0. The molecule has 0 saturated carbocycles. The van der Waals surface area contributed by atoms with Gasteiger partial charge in [-0.25, -0.2) is 0 Å². The van der Waals surface area contributed by atoms with Crippen molar-refractivity contribution >= 4 is 5.69 Å². The zero-order valence-corrected chi connectivity index (χ0v) is 9.50. The van der Waals surface area contributed by atoms with Crippen molar-refractivity contribution in [3.8, 4) is 0 Å². The van der Waals surface area contributed by atoms with Gasteiger partial charge < -0.3 is 5.73 Å². The number of anilines is 1. The molecule has 0 aromatic heterocycles. The van der Waals surface area contributed by atoms with E-state index in [1.807, 2.05) is 6.07 Å². The van der Waals surface area contributed by atoms with Crippen LogP contribution in [0.15, 0.2) is 18.2 Å². The molecular weight excluding hydrogens is 184 g/mol. The summed E-state index contributed by atoms with van der Waals surface area (Å²) in [5, 5.41) is 0. The molecule has 82 valence electrons. The Hall–Kier alpha value is -1.02. The molecule has 0 atom stereocenters. The molecule has 0 spiro atoms. The lowest BCUT2D eigenvalue weighted by molar-refractivity contribution is 0.250. The first-order valence-electron chi connectivity index (χ1n) is 5.89. The van der Waals surface area contributed by atoms with Crippen LogP contribution in [0, 0.1) is 0 Å². The SMILES string of the molecule is CCCCN1CCc2ccc(N)cc2C1. The van der Waals surface area contributed by atoms with E-state index in [2.05, 4.69) is 24.0 Å². The molecule has 15 heavy (non-hydrogen) atoms. The Morgan fingerprint density at radius 1 is 1.33 bits per heavy atom. The summed E-state index contributed by atoms with van der Waals surface area (Å²) in [5.41, 5.74) is 9.61. The van der Waals surface area contributed by atoms with Crippen LogP contribution in [-0.2, 0) is 13.0 Å². The fourth-order valence-electron chi connectivity index (χ4n) is 2.21. The molecule has 2 N–H and O–H groups in total. The van der Waals surface area contributed by atoms with Gasteiger partial charge in [0.25, 0.3) is 0 Å². The summed E-state index contributed by atoms with van der Waals surface area (Å²) in [4.78, 5) is 2.53. The van der Waals surface area contributed by atoms with Gasteiger partial charge in [-0.3, -0.25) is 4.90 Å². The number of nitrogens with two attached hydrogens (primary N) is 1. The summed E-state index contributed by atoms with van der Waals surface area (Å²) >= 11 is 0. The molecule has 0 radical (unpaired) electrons. The minimum absolute atomic E-state index is 0.895. The smallest absolute Gasteiger partial charge is 0.0317 e. The van der Waals surface area contributed by atoms with Gasteiger partial charge in [0.05, 0.1) is 0 Å². The van der Waals surface area contributed by atoms with Crippen molar-refractivity contribution in [3.05, 3.63) is 29.3 Å². The maximum Gasteiger partial charge on any atom is 0.0317 e. The van der Waals surface area contributed by atoms with Gasteiger partial charge in [-0.05, 0) is 42.6 Å². The van der Waals surface area contributed by atoms with Gasteiger partial charge in [-0.1, -0.05) is 19.4 Å². The van der Waals surface area contributed by atoms with Gasteiger partial charge >= 0.3 is 0 Å². The summed E-state index contributed by atoms with van der Waals surface area (Å²) in [7, 11) is 0. The molecule has 0 saturated heterocycles. The van der Waals surface area contributed by atoms with E-state index in [1.165, 1.54) is 43.5 Å². The lowest BCUT2D eigenvalue weighted by atomic mass is 9.99. The van der Waals surface area contributed by atoms with Gasteiger partial charge in [0.15, 0.2) is 0 Å². The normalized spacial score (nSPS) is 16.3. The zero-order chi connectivity index (χ0) is 10.7. The van der Waals surface area contributed by atoms with Crippen LogP contribution in [0.2, 0.25) is 0 Å². The Morgan fingerprint density at radius 2 is 2.20 bits per heavy atom. The average Bonchev–Trinajstić information content (AvgIpc) is 2.25. The highest BCUT2D eigenvalue weighted by atomic mass is 15.1. The second-order valence-corrected chi connectivity index (χ2v) is 4.41. The van der Waals surface area contributed by atoms with Crippen LogP contribution in [0.5, 0.6) is 0 Å². The van der Waals surface area contributed by atoms with Crippen LogP contribution >= 0.6 is 0 Å². The Labute approximate surface area is 92.1 Å². The molecular formula is C13H20N2. The topological polar surface area (TPSA) is 29.3 Å². The highest BCUT2D eigenvalue weighted by Gasteiger charge is 2.15. The van der Waals surface area contributed by atoms with Gasteiger partial charge in [0.1, 0.15) is 0 Å². The van der Waals surface area contributed by atoms with Crippen LogP contribution in [0.4, 0.5) is 5.69 Å². The number of fused-ring (bicyclic) bond motifs is 1. The molecule has 1 aromatic carbocycles. The number of rotatable bonds is 3. The second kappa shape index (κ2) is 4.67. The first kappa shape index (κ1) is 10.5. The van der Waals surface area contributed by atoms with Crippen molar-refractivity contribution in [3.63, 3.8) is 0 Å². The predicted molar refractivity (Wildman–Crippen MR) is 64.7 cm³/mol. The highest BCUT2D eigenvalue weighted by molar-refractivity contribution is 5.45. The van der Waals surface area contributed by atoms with Gasteiger partial charge in [-0.15, -0.1) is 0 Å². The van der Waals surface area contributed by atoms with E-state index >= 15 is 0 Å². The Balaban J connectivity index is 2.05. The Kier molecular flexibility index (Phi) is 3.27. The lowest BCUT2D eigenvalue weighted by Gasteiger charge is -2.28. The standard InChI is InChI=1S/C13H20N2/c1-2-3-7-15-8-6-11-4-5-13(14)9-12(11)10-15/h4-5,9H,2-3,6-8,10,14H2,1H3. The van der Waals surface area contributed by atoms with Crippen LogP contribution in [0.25, 0.3) is 0 Å². The minimum atomic E-state index is 0.895. The number of hydrogen-bond acceptors (Lipinski definition) is 2. The largest absolute Gasteiger partial charge is 0.399 e. The molecule has 1 aliphatic rings. The van der Waals surface area contributed by atoms with E-state index in [4.69, 9.17) is 5.73 Å². The number of hydrogen-bond donors (Lipinski definition) is 1. The fourth-order valence-corrected chi connectivity index (χ4v) is 2.21. The third-order valence-electron chi connectivity index (χ3n) is 3.15. The molecule has 1 heterocycles. The predicted octanol–water partition coefficient (Wildman–Crippen LogP) is 2.43. The van der Waals surface area contributed by atoms with Crippen molar-refractivity contribution in [2.45, 2.75) is 32.7 Å². The molecule has 2 rings (SSSR count). The monoisotopic (exact) mass is 204 g/mol. The highest BCUT2D eigenvalue weighted by Crippen LogP contribution is 2.21. The first-order valence-corrected chi connectivity index (χ1v) is 5.89. The van der Waals surface area contributed by atoms with Crippen molar-refractivity contribution in [1.82, 2.24) is 4.90 Å². The Bertz CT molecular complexity index is 333. The number of benzene rings is 1. The van der Waals surface area contributed by atoms with Crippen LogP contribution in [0.3, 0.4) is 0 Å². The molecule has 0 unspecified atom stereocenters. The van der Waals surface area contributed by atoms with E-state index in [-0.39, 0.29) is 0 Å². The molecule has 0 bridgehead atoms. The van der Waals surface area contributed by atoms with Crippen molar-refractivity contribution in [2.75, 3.05) is 18.8 Å². The van der Waals surface area contributed by atoms with Gasteiger partial charge in [-0.2, -0.15) is 0 Å². The average molecular weight is 204 g/mol. The minimum Gasteiger partial charge on any atom is -0.399 e. The third-order valence-corrected chi connectivity index (χ3v) is 3.15. The van der Waals surface area contributed by atoms with E-state index in [0.29, 0.717) is 0 Å². The molecule has 0 fully saturated rings. The second-order valence-electron chi connectivity index (χ2n) is 4.41. The van der Waals surface area contributed by atoms with Crippen molar-refractivity contribution in [2.24, 2.45) is 0 Å². The van der Waals surface area contributed by atoms with Crippen LogP contribution in [-0.4, -0.2) is 18.0 Å². The Morgan fingerprint density at radius 3 is 3.00 bits per heavy atom. The molecule has 2 heteroatoms. The number of nitrogen functional groups attached to an aromatic ring is 1. The maximum atomic E-state index is 5.81. The van der Waals surface area contributed by atoms with Gasteiger partial charge in [0, 0.05) is 18.8 Å². The summed E-state index contributed by atoms with van der Waals surface area (Å²) in [6.45, 7) is 5.76. The van der Waals surface area contributed by atoms with E-state index in [1.54, 1.807) is 0 Å².